The number of ether oxygens (including phenoxy) is 2. The van der Waals surface area contributed by atoms with Crippen LogP contribution in [0, 0.1) is 47.3 Å². The molecule has 3 nitrogen and oxygen atoms in total. The van der Waals surface area contributed by atoms with Gasteiger partial charge in [0.05, 0.1) is 11.9 Å². The van der Waals surface area contributed by atoms with Crippen molar-refractivity contribution in [2.24, 2.45) is 47.3 Å². The van der Waals surface area contributed by atoms with Crippen LogP contribution in [0.25, 0.3) is 0 Å². The molecule has 5 saturated carbocycles. The molecule has 5 fully saturated rings. The second kappa shape index (κ2) is 5.39. The summed E-state index contributed by atoms with van der Waals surface area (Å²) >= 11 is 3.97. The first-order valence-electron chi connectivity index (χ1n) is 9.63. The SMILES string of the molecule is CC(OC(=O)CS)OC1CC2CC1C1C3CC(C4CCCC43)C21. The van der Waals surface area contributed by atoms with Gasteiger partial charge in [0.25, 0.3) is 0 Å². The minimum atomic E-state index is -0.421. The van der Waals surface area contributed by atoms with Gasteiger partial charge in [0, 0.05) is 0 Å². The molecule has 10 atom stereocenters. The highest BCUT2D eigenvalue weighted by Crippen LogP contribution is 2.73. The molecule has 0 aliphatic heterocycles. The van der Waals surface area contributed by atoms with Crippen LogP contribution in [0.1, 0.15) is 45.4 Å². The highest BCUT2D eigenvalue weighted by Gasteiger charge is 2.68. The highest BCUT2D eigenvalue weighted by molar-refractivity contribution is 7.81. The summed E-state index contributed by atoms with van der Waals surface area (Å²) < 4.78 is 11.4. The standard InChI is InChI=1S/C19H28O3S/c1-9(22-17(20)8-23)21-16-6-10-5-15(16)19-14-7-13(18(10)19)11-3-2-4-12(11)14/h9-16,18-19,23H,2-8H2,1H3. The summed E-state index contributed by atoms with van der Waals surface area (Å²) in [5.41, 5.74) is 0. The Labute approximate surface area is 144 Å². The van der Waals surface area contributed by atoms with Gasteiger partial charge in [-0.25, -0.2) is 0 Å². The van der Waals surface area contributed by atoms with Crippen molar-refractivity contribution < 1.29 is 14.3 Å². The van der Waals surface area contributed by atoms with Gasteiger partial charge in [-0.05, 0) is 86.4 Å². The molecule has 4 heteroatoms. The van der Waals surface area contributed by atoms with Crippen molar-refractivity contribution in [3.05, 3.63) is 0 Å². The first kappa shape index (κ1) is 15.1. The average molecular weight is 336 g/mol. The Bertz CT molecular complexity index is 509. The Hall–Kier alpha value is -0.220. The molecular formula is C19H28O3S. The molecule has 0 aromatic carbocycles. The van der Waals surface area contributed by atoms with Crippen LogP contribution >= 0.6 is 12.6 Å². The molecule has 5 rings (SSSR count). The first-order valence-corrected chi connectivity index (χ1v) is 10.3. The van der Waals surface area contributed by atoms with E-state index in [0.717, 1.165) is 47.3 Å². The first-order chi connectivity index (χ1) is 11.2. The Balaban J connectivity index is 1.28. The van der Waals surface area contributed by atoms with Crippen molar-refractivity contribution in [1.82, 2.24) is 0 Å². The molecule has 10 unspecified atom stereocenters. The van der Waals surface area contributed by atoms with Gasteiger partial charge in [-0.1, -0.05) is 6.42 Å². The number of carbonyl (C=O) groups excluding carboxylic acids is 1. The van der Waals surface area contributed by atoms with E-state index >= 15 is 0 Å². The molecule has 4 bridgehead atoms. The lowest BCUT2D eigenvalue weighted by Crippen LogP contribution is -2.42. The smallest absolute Gasteiger partial charge is 0.317 e. The fourth-order valence-corrected chi connectivity index (χ4v) is 7.98. The average Bonchev–Trinajstić information content (AvgIpc) is 3.27. The molecule has 5 aliphatic carbocycles. The van der Waals surface area contributed by atoms with E-state index in [1.807, 2.05) is 6.92 Å². The Kier molecular flexibility index (Phi) is 3.53. The van der Waals surface area contributed by atoms with Crippen molar-refractivity contribution in [2.45, 2.75) is 57.8 Å². The fourth-order valence-electron chi connectivity index (χ4n) is 7.91. The molecule has 0 N–H and O–H groups in total. The van der Waals surface area contributed by atoms with E-state index in [1.54, 1.807) is 0 Å². The number of hydrogen-bond acceptors (Lipinski definition) is 4. The fraction of sp³-hybridized carbons (Fsp3) is 0.947. The van der Waals surface area contributed by atoms with Gasteiger partial charge in [-0.2, -0.15) is 12.6 Å². The minimum Gasteiger partial charge on any atom is -0.435 e. The van der Waals surface area contributed by atoms with E-state index in [0.29, 0.717) is 6.10 Å². The van der Waals surface area contributed by atoms with E-state index in [1.165, 1.54) is 38.5 Å². The van der Waals surface area contributed by atoms with Crippen LogP contribution in [0.4, 0.5) is 0 Å². The Morgan fingerprint density at radius 2 is 1.78 bits per heavy atom. The van der Waals surface area contributed by atoms with Crippen molar-refractivity contribution in [3.63, 3.8) is 0 Å². The number of hydrogen-bond donors (Lipinski definition) is 1. The van der Waals surface area contributed by atoms with Crippen LogP contribution < -0.4 is 0 Å². The number of fused-ring (bicyclic) bond motifs is 12. The quantitative estimate of drug-likeness (QED) is 0.369. The van der Waals surface area contributed by atoms with Crippen LogP contribution in [0.2, 0.25) is 0 Å². The summed E-state index contributed by atoms with van der Waals surface area (Å²) in [7, 11) is 0. The summed E-state index contributed by atoms with van der Waals surface area (Å²) in [4.78, 5) is 11.4. The normalized spacial score (nSPS) is 53.4. The summed E-state index contributed by atoms with van der Waals surface area (Å²) in [6.07, 6.45) is 8.49. The Morgan fingerprint density at radius 3 is 2.52 bits per heavy atom. The predicted octanol–water partition coefficient (Wildman–Crippen LogP) is 3.53. The van der Waals surface area contributed by atoms with Gasteiger partial charge >= 0.3 is 5.97 Å². The van der Waals surface area contributed by atoms with Crippen LogP contribution in [0.5, 0.6) is 0 Å². The number of carbonyl (C=O) groups is 1. The Morgan fingerprint density at radius 1 is 1.04 bits per heavy atom. The van der Waals surface area contributed by atoms with Crippen LogP contribution in [0.15, 0.2) is 0 Å². The maximum Gasteiger partial charge on any atom is 0.317 e. The largest absolute Gasteiger partial charge is 0.435 e. The van der Waals surface area contributed by atoms with Crippen LogP contribution in [0.3, 0.4) is 0 Å². The van der Waals surface area contributed by atoms with E-state index in [-0.39, 0.29) is 11.7 Å². The van der Waals surface area contributed by atoms with E-state index in [4.69, 9.17) is 9.47 Å². The summed E-state index contributed by atoms with van der Waals surface area (Å²) in [6.45, 7) is 1.86. The monoisotopic (exact) mass is 336 g/mol. The topological polar surface area (TPSA) is 35.5 Å². The number of thiol groups is 1. The second-order valence-electron chi connectivity index (χ2n) is 8.76. The summed E-state index contributed by atoms with van der Waals surface area (Å²) in [5.74, 6) is 7.57. The maximum atomic E-state index is 11.4. The predicted molar refractivity (Wildman–Crippen MR) is 89.9 cm³/mol. The summed E-state index contributed by atoms with van der Waals surface area (Å²) in [6, 6.07) is 0. The lowest BCUT2D eigenvalue weighted by atomic mass is 9.64. The number of esters is 1. The molecule has 0 aromatic heterocycles. The van der Waals surface area contributed by atoms with Crippen molar-refractivity contribution in [1.29, 1.82) is 0 Å². The highest BCUT2D eigenvalue weighted by atomic mass is 32.1. The molecule has 0 heterocycles. The zero-order chi connectivity index (χ0) is 15.7. The molecule has 0 amide bonds. The van der Waals surface area contributed by atoms with Gasteiger partial charge in [-0.3, -0.25) is 4.79 Å². The molecule has 23 heavy (non-hydrogen) atoms. The third-order valence-corrected chi connectivity index (χ3v) is 8.38. The van der Waals surface area contributed by atoms with Crippen LogP contribution in [-0.4, -0.2) is 24.1 Å². The van der Waals surface area contributed by atoms with E-state index in [9.17, 15) is 4.79 Å². The molecule has 0 radical (unpaired) electrons. The van der Waals surface area contributed by atoms with Gasteiger partial charge in [-0.15, -0.1) is 0 Å². The molecule has 128 valence electrons. The van der Waals surface area contributed by atoms with Gasteiger partial charge in [0.15, 0.2) is 6.29 Å². The van der Waals surface area contributed by atoms with Gasteiger partial charge in [0.2, 0.25) is 0 Å². The van der Waals surface area contributed by atoms with Gasteiger partial charge < -0.3 is 9.47 Å². The zero-order valence-corrected chi connectivity index (χ0v) is 14.8. The molecular weight excluding hydrogens is 308 g/mol. The third kappa shape index (κ3) is 2.09. The van der Waals surface area contributed by atoms with Crippen molar-refractivity contribution in [2.75, 3.05) is 5.75 Å². The molecule has 5 aliphatic rings. The third-order valence-electron chi connectivity index (χ3n) is 8.12. The molecule has 0 aromatic rings. The molecule has 0 spiro atoms. The van der Waals surface area contributed by atoms with Gasteiger partial charge in [0.1, 0.15) is 0 Å². The molecule has 0 saturated heterocycles. The lowest BCUT2D eigenvalue weighted by Gasteiger charge is -2.43. The lowest BCUT2D eigenvalue weighted by molar-refractivity contribution is -0.192. The van der Waals surface area contributed by atoms with Crippen molar-refractivity contribution >= 4 is 18.6 Å². The minimum absolute atomic E-state index is 0.127. The van der Waals surface area contributed by atoms with E-state index < -0.39 is 6.29 Å². The van der Waals surface area contributed by atoms with E-state index in [2.05, 4.69) is 12.6 Å². The maximum absolute atomic E-state index is 11.4. The van der Waals surface area contributed by atoms with Crippen LogP contribution in [-0.2, 0) is 14.3 Å². The van der Waals surface area contributed by atoms with Crippen molar-refractivity contribution in [3.8, 4) is 0 Å². The zero-order valence-electron chi connectivity index (χ0n) is 13.9. The summed E-state index contributed by atoms with van der Waals surface area (Å²) in [5, 5.41) is 0. The second-order valence-corrected chi connectivity index (χ2v) is 9.08. The number of rotatable bonds is 4.